The number of morpholine rings is 1. The van der Waals surface area contributed by atoms with Crippen molar-refractivity contribution in [3.8, 4) is 22.9 Å². The second kappa shape index (κ2) is 7.74. The summed E-state index contributed by atoms with van der Waals surface area (Å²) in [4.78, 5) is 6.51. The quantitative estimate of drug-likeness (QED) is 0.548. The maximum Gasteiger partial charge on any atom is 0.143 e. The smallest absolute Gasteiger partial charge is 0.143 e. The Morgan fingerprint density at radius 2 is 2.19 bits per heavy atom. The average molecular weight is 390 g/mol. The van der Waals surface area contributed by atoms with Crippen LogP contribution in [-0.2, 0) is 4.74 Å². The summed E-state index contributed by atoms with van der Waals surface area (Å²) in [7, 11) is 0. The van der Waals surface area contributed by atoms with Crippen LogP contribution in [-0.4, -0.2) is 43.6 Å². The van der Waals surface area contributed by atoms with Gasteiger partial charge in [0.15, 0.2) is 0 Å². The van der Waals surface area contributed by atoms with E-state index in [4.69, 9.17) is 27.5 Å². The summed E-state index contributed by atoms with van der Waals surface area (Å²) in [6, 6.07) is 6.82. The van der Waals surface area contributed by atoms with Crippen molar-refractivity contribution in [3.63, 3.8) is 0 Å². The molecule has 7 nitrogen and oxygen atoms in total. The molecule has 9 heteroatoms. The number of nitriles is 1. The molecule has 3 rings (SSSR count). The Kier molecular flexibility index (Phi) is 5.42. The number of rotatable bonds is 4. The molecule has 0 aliphatic carbocycles. The zero-order valence-corrected chi connectivity index (χ0v) is 15.3. The molecule has 0 unspecified atom stereocenters. The highest BCUT2D eigenvalue weighted by molar-refractivity contribution is 7.19. The van der Waals surface area contributed by atoms with E-state index in [1.807, 2.05) is 0 Å². The van der Waals surface area contributed by atoms with Crippen molar-refractivity contribution in [1.29, 1.82) is 10.7 Å². The van der Waals surface area contributed by atoms with Crippen molar-refractivity contribution in [2.75, 3.05) is 31.2 Å². The van der Waals surface area contributed by atoms with E-state index in [0.717, 1.165) is 11.3 Å². The summed E-state index contributed by atoms with van der Waals surface area (Å²) in [5, 5.41) is 27.7. The van der Waals surface area contributed by atoms with Crippen molar-refractivity contribution in [1.82, 2.24) is 0 Å². The van der Waals surface area contributed by atoms with Crippen LogP contribution in [0.2, 0.25) is 5.02 Å². The summed E-state index contributed by atoms with van der Waals surface area (Å²) < 4.78 is 5.39. The minimum Gasteiger partial charge on any atom is -0.508 e. The molecule has 1 aromatic heterocycles. The number of halogens is 1. The van der Waals surface area contributed by atoms with Crippen molar-refractivity contribution in [3.05, 3.63) is 33.7 Å². The zero-order chi connectivity index (χ0) is 18.7. The number of ether oxygens (including phenoxy) is 1. The molecule has 1 saturated heterocycles. The molecule has 134 valence electrons. The van der Waals surface area contributed by atoms with Crippen LogP contribution in [0.3, 0.4) is 0 Å². The minimum atomic E-state index is 0.0311. The van der Waals surface area contributed by atoms with Crippen LogP contribution in [0.5, 0.6) is 5.75 Å². The number of aromatic hydroxyl groups is 1. The monoisotopic (exact) mass is 389 g/mol. The molecule has 2 heterocycles. The lowest BCUT2D eigenvalue weighted by atomic mass is 10.0. The van der Waals surface area contributed by atoms with Gasteiger partial charge in [-0.25, -0.2) is 4.99 Å². The fraction of sp³-hybridized carbons (Fsp3) is 0.235. The van der Waals surface area contributed by atoms with E-state index >= 15 is 0 Å². The number of phenols is 1. The molecule has 0 saturated carbocycles. The summed E-state index contributed by atoms with van der Waals surface area (Å²) in [6.45, 7) is 2.49. The van der Waals surface area contributed by atoms with E-state index in [-0.39, 0.29) is 11.6 Å². The molecule has 0 atom stereocenters. The minimum absolute atomic E-state index is 0.0311. The van der Waals surface area contributed by atoms with Gasteiger partial charge in [-0.15, -0.1) is 11.3 Å². The largest absolute Gasteiger partial charge is 0.508 e. The molecule has 2 aromatic rings. The van der Waals surface area contributed by atoms with Crippen molar-refractivity contribution < 1.29 is 9.84 Å². The van der Waals surface area contributed by atoms with Gasteiger partial charge in [0.05, 0.1) is 28.7 Å². The van der Waals surface area contributed by atoms with Gasteiger partial charge in [-0.2, -0.15) is 5.26 Å². The Morgan fingerprint density at radius 1 is 1.46 bits per heavy atom. The summed E-state index contributed by atoms with van der Waals surface area (Å²) in [6.07, 6.45) is 0.859. The predicted octanol–water partition coefficient (Wildman–Crippen LogP) is 2.79. The van der Waals surface area contributed by atoms with E-state index in [2.05, 4.69) is 16.0 Å². The first kappa shape index (κ1) is 18.2. The number of hydrogen-bond donors (Lipinski definition) is 3. The number of nitrogens with two attached hydrogens (primary N) is 1. The molecule has 1 fully saturated rings. The third kappa shape index (κ3) is 3.37. The van der Waals surface area contributed by atoms with Gasteiger partial charge in [-0.3, -0.25) is 5.41 Å². The summed E-state index contributed by atoms with van der Waals surface area (Å²) in [5.41, 5.74) is 7.64. The normalized spacial score (nSPS) is 14.9. The maximum absolute atomic E-state index is 9.84. The van der Waals surface area contributed by atoms with Crippen molar-refractivity contribution >= 4 is 40.1 Å². The molecule has 0 amide bonds. The highest BCUT2D eigenvalue weighted by Crippen LogP contribution is 2.44. The molecular formula is C17H16ClN5O2S. The fourth-order valence-electron chi connectivity index (χ4n) is 2.78. The lowest BCUT2D eigenvalue weighted by Gasteiger charge is -2.27. The van der Waals surface area contributed by atoms with Crippen LogP contribution >= 0.6 is 22.9 Å². The molecule has 0 radical (unpaired) electrons. The van der Waals surface area contributed by atoms with Crippen LogP contribution in [0.1, 0.15) is 10.4 Å². The number of aliphatic imine (C=N–C) groups is 1. The first-order chi connectivity index (χ1) is 12.6. The molecule has 0 spiro atoms. The van der Waals surface area contributed by atoms with Crippen LogP contribution in [0, 0.1) is 16.7 Å². The van der Waals surface area contributed by atoms with Gasteiger partial charge in [-0.05, 0) is 18.2 Å². The van der Waals surface area contributed by atoms with E-state index in [9.17, 15) is 10.4 Å². The van der Waals surface area contributed by atoms with E-state index in [1.165, 1.54) is 23.5 Å². The van der Waals surface area contributed by atoms with E-state index < -0.39 is 0 Å². The van der Waals surface area contributed by atoms with Gasteiger partial charge in [-0.1, -0.05) is 11.6 Å². The second-order valence-electron chi connectivity index (χ2n) is 5.51. The van der Waals surface area contributed by atoms with Gasteiger partial charge in [0.1, 0.15) is 29.0 Å². The number of thiophene rings is 1. The highest BCUT2D eigenvalue weighted by atomic mass is 35.5. The molecule has 1 aromatic carbocycles. The van der Waals surface area contributed by atoms with Crippen molar-refractivity contribution in [2.45, 2.75) is 0 Å². The number of hydrogen-bond acceptors (Lipinski definition) is 6. The molecular weight excluding hydrogens is 374 g/mol. The number of phenolic OH excluding ortho intramolecular Hbond substituents is 1. The number of amidine groups is 1. The lowest BCUT2D eigenvalue weighted by molar-refractivity contribution is 0.123. The summed E-state index contributed by atoms with van der Waals surface area (Å²) in [5.74, 6) is 0.170. The Bertz CT molecular complexity index is 913. The SMILES string of the molecule is N#Cc1c(N2CCOCC2)sc(C(N)=NC=N)c1-c1ccc(O)cc1Cl. The lowest BCUT2D eigenvalue weighted by Crippen LogP contribution is -2.36. The van der Waals surface area contributed by atoms with Gasteiger partial charge in [0.2, 0.25) is 0 Å². The van der Waals surface area contributed by atoms with Gasteiger partial charge >= 0.3 is 0 Å². The Morgan fingerprint density at radius 3 is 2.81 bits per heavy atom. The van der Waals surface area contributed by atoms with Crippen molar-refractivity contribution in [2.24, 2.45) is 10.7 Å². The number of nitrogens with one attached hydrogen (secondary N) is 1. The third-order valence-corrected chi connectivity index (χ3v) is 5.54. The number of nitrogens with zero attached hydrogens (tertiary/aromatic N) is 3. The molecule has 1 aliphatic rings. The maximum atomic E-state index is 9.84. The topological polar surface area (TPSA) is 119 Å². The van der Waals surface area contributed by atoms with E-state index in [1.54, 1.807) is 6.07 Å². The number of benzene rings is 1. The van der Waals surface area contributed by atoms with Crippen LogP contribution in [0.4, 0.5) is 5.00 Å². The standard InChI is InChI=1S/C17H16ClN5O2S/c18-13-7-10(24)1-2-11(13)14-12(8-19)17(23-3-5-25-6-4-23)26-15(14)16(21)22-9-20/h1-2,7,9,24H,3-6H2,(H3,20,21,22). The fourth-order valence-corrected chi connectivity index (χ4v) is 4.28. The van der Waals surface area contributed by atoms with Gasteiger partial charge in [0.25, 0.3) is 0 Å². The van der Waals surface area contributed by atoms with Gasteiger partial charge < -0.3 is 20.5 Å². The Hall–Kier alpha value is -2.60. The predicted molar refractivity (Wildman–Crippen MR) is 104 cm³/mol. The highest BCUT2D eigenvalue weighted by Gasteiger charge is 2.27. The van der Waals surface area contributed by atoms with Crippen LogP contribution in [0.15, 0.2) is 23.2 Å². The molecule has 1 aliphatic heterocycles. The average Bonchev–Trinajstić information content (AvgIpc) is 3.02. The third-order valence-electron chi connectivity index (χ3n) is 3.96. The molecule has 26 heavy (non-hydrogen) atoms. The first-order valence-electron chi connectivity index (χ1n) is 7.78. The second-order valence-corrected chi connectivity index (χ2v) is 6.91. The first-order valence-corrected chi connectivity index (χ1v) is 8.97. The number of anilines is 1. The Balaban J connectivity index is 2.26. The van der Waals surface area contributed by atoms with Crippen LogP contribution in [0.25, 0.3) is 11.1 Å². The zero-order valence-electron chi connectivity index (χ0n) is 13.7. The molecule has 4 N–H and O–H groups in total. The molecule has 0 bridgehead atoms. The Labute approximate surface area is 159 Å². The van der Waals surface area contributed by atoms with Gasteiger partial charge in [0, 0.05) is 24.2 Å². The summed E-state index contributed by atoms with van der Waals surface area (Å²) >= 11 is 7.66. The van der Waals surface area contributed by atoms with E-state index in [0.29, 0.717) is 52.9 Å². The van der Waals surface area contributed by atoms with Crippen LogP contribution < -0.4 is 10.6 Å².